The largest absolute Gasteiger partial charge is 0.367 e. The van der Waals surface area contributed by atoms with Crippen LogP contribution in [0.15, 0.2) is 42.9 Å². The molecule has 110 valence electrons. The molecule has 1 atom stereocenters. The van der Waals surface area contributed by atoms with Gasteiger partial charge in [0.05, 0.1) is 6.20 Å². The monoisotopic (exact) mass is 302 g/mol. The summed E-state index contributed by atoms with van der Waals surface area (Å²) < 4.78 is 0. The van der Waals surface area contributed by atoms with Gasteiger partial charge >= 0.3 is 0 Å². The van der Waals surface area contributed by atoms with Crippen molar-refractivity contribution in [1.29, 1.82) is 0 Å². The Labute approximate surface area is 130 Å². The van der Waals surface area contributed by atoms with E-state index in [0.29, 0.717) is 11.1 Å². The first kappa shape index (κ1) is 14.3. The Morgan fingerprint density at radius 3 is 2.95 bits per heavy atom. The number of anilines is 1. The molecule has 2 aromatic rings. The molecule has 1 aliphatic rings. The second-order valence-corrected chi connectivity index (χ2v) is 5.76. The molecule has 0 amide bonds. The summed E-state index contributed by atoms with van der Waals surface area (Å²) in [5.41, 5.74) is 1.37. The Hall–Kier alpha value is -1.65. The molecular weight excluding hydrogens is 284 g/mol. The first-order valence-corrected chi connectivity index (χ1v) is 7.68. The molecule has 0 saturated carbocycles. The highest BCUT2D eigenvalue weighted by atomic mass is 35.5. The average Bonchev–Trinajstić information content (AvgIpc) is 2.95. The molecule has 1 aromatic carbocycles. The van der Waals surface area contributed by atoms with Crippen LogP contribution in [0.2, 0.25) is 5.02 Å². The minimum atomic E-state index is 0.524. The third-order valence-electron chi connectivity index (χ3n) is 3.90. The molecule has 0 spiro atoms. The van der Waals surface area contributed by atoms with Crippen molar-refractivity contribution in [2.24, 2.45) is 0 Å². The molecule has 1 unspecified atom stereocenters. The number of nitrogens with zero attached hydrogens (tertiary/aromatic N) is 3. The molecule has 1 aliphatic heterocycles. The van der Waals surface area contributed by atoms with E-state index in [0.717, 1.165) is 25.5 Å². The summed E-state index contributed by atoms with van der Waals surface area (Å²) in [6.07, 6.45) is 5.59. The van der Waals surface area contributed by atoms with Crippen LogP contribution in [0.3, 0.4) is 0 Å². The van der Waals surface area contributed by atoms with Crippen LogP contribution in [0.4, 0.5) is 5.82 Å². The standard InChI is InChI=1S/C16H19ClN4/c17-15-10-18-12-20-16(15)19-9-14-7-4-8-21(14)11-13-5-2-1-3-6-13/h1-3,5-6,10,12,14H,4,7-9,11H2,(H,18,19,20). The molecule has 4 nitrogen and oxygen atoms in total. The van der Waals surface area contributed by atoms with Crippen LogP contribution in [0.25, 0.3) is 0 Å². The van der Waals surface area contributed by atoms with Crippen molar-refractivity contribution in [3.8, 4) is 0 Å². The first-order chi connectivity index (χ1) is 10.3. The number of aromatic nitrogens is 2. The highest BCUT2D eigenvalue weighted by molar-refractivity contribution is 6.32. The molecule has 0 radical (unpaired) electrons. The molecule has 1 aromatic heterocycles. The Balaban J connectivity index is 1.58. The highest BCUT2D eigenvalue weighted by Crippen LogP contribution is 2.22. The predicted molar refractivity (Wildman–Crippen MR) is 85.4 cm³/mol. The van der Waals surface area contributed by atoms with Crippen molar-refractivity contribution in [3.05, 3.63) is 53.4 Å². The maximum Gasteiger partial charge on any atom is 0.148 e. The van der Waals surface area contributed by atoms with Crippen LogP contribution in [0.1, 0.15) is 18.4 Å². The van der Waals surface area contributed by atoms with Gasteiger partial charge in [-0.3, -0.25) is 4.90 Å². The lowest BCUT2D eigenvalue weighted by atomic mass is 10.2. The van der Waals surface area contributed by atoms with E-state index in [1.54, 1.807) is 6.20 Å². The molecule has 2 heterocycles. The minimum absolute atomic E-state index is 0.524. The third-order valence-corrected chi connectivity index (χ3v) is 4.18. The van der Waals surface area contributed by atoms with Crippen LogP contribution in [0, 0.1) is 0 Å². The molecule has 5 heteroatoms. The molecule has 0 bridgehead atoms. The first-order valence-electron chi connectivity index (χ1n) is 7.30. The number of hydrogen-bond acceptors (Lipinski definition) is 4. The molecule has 3 rings (SSSR count). The zero-order valence-electron chi connectivity index (χ0n) is 11.9. The zero-order valence-corrected chi connectivity index (χ0v) is 12.6. The highest BCUT2D eigenvalue weighted by Gasteiger charge is 2.24. The van der Waals surface area contributed by atoms with Crippen LogP contribution in [0.5, 0.6) is 0 Å². The smallest absolute Gasteiger partial charge is 0.148 e. The van der Waals surface area contributed by atoms with Gasteiger partial charge in [0.2, 0.25) is 0 Å². The van der Waals surface area contributed by atoms with Gasteiger partial charge in [0.25, 0.3) is 0 Å². The van der Waals surface area contributed by atoms with Crippen LogP contribution in [-0.4, -0.2) is 34.0 Å². The van der Waals surface area contributed by atoms with Crippen molar-refractivity contribution < 1.29 is 0 Å². The quantitative estimate of drug-likeness (QED) is 0.921. The average molecular weight is 303 g/mol. The van der Waals surface area contributed by atoms with E-state index in [-0.39, 0.29) is 0 Å². The Bertz CT molecular complexity index is 575. The van der Waals surface area contributed by atoms with E-state index >= 15 is 0 Å². The number of rotatable bonds is 5. The molecule has 1 fully saturated rings. The predicted octanol–water partition coefficient (Wildman–Crippen LogP) is 3.21. The Morgan fingerprint density at radius 2 is 2.14 bits per heavy atom. The Morgan fingerprint density at radius 1 is 1.29 bits per heavy atom. The van der Waals surface area contributed by atoms with Crippen molar-refractivity contribution >= 4 is 17.4 Å². The van der Waals surface area contributed by atoms with Crippen LogP contribution >= 0.6 is 11.6 Å². The third kappa shape index (κ3) is 3.71. The van der Waals surface area contributed by atoms with Gasteiger partial charge in [-0.05, 0) is 24.9 Å². The van der Waals surface area contributed by atoms with Crippen LogP contribution in [-0.2, 0) is 6.54 Å². The minimum Gasteiger partial charge on any atom is -0.367 e. The van der Waals surface area contributed by atoms with E-state index in [1.165, 1.54) is 24.7 Å². The van der Waals surface area contributed by atoms with Gasteiger partial charge in [0, 0.05) is 19.1 Å². The lowest BCUT2D eigenvalue weighted by Gasteiger charge is -2.25. The molecule has 0 aliphatic carbocycles. The number of benzene rings is 1. The number of likely N-dealkylation sites (tertiary alicyclic amines) is 1. The maximum atomic E-state index is 6.07. The summed E-state index contributed by atoms with van der Waals surface area (Å²) >= 11 is 6.07. The summed E-state index contributed by atoms with van der Waals surface area (Å²) in [6.45, 7) is 3.02. The summed E-state index contributed by atoms with van der Waals surface area (Å²) in [4.78, 5) is 10.6. The van der Waals surface area contributed by atoms with Gasteiger partial charge in [0.15, 0.2) is 0 Å². The van der Waals surface area contributed by atoms with E-state index in [9.17, 15) is 0 Å². The van der Waals surface area contributed by atoms with Crippen molar-refractivity contribution in [3.63, 3.8) is 0 Å². The SMILES string of the molecule is Clc1cncnc1NCC1CCCN1Cc1ccccc1. The van der Waals surface area contributed by atoms with Crippen molar-refractivity contribution in [1.82, 2.24) is 14.9 Å². The fraction of sp³-hybridized carbons (Fsp3) is 0.375. The maximum absolute atomic E-state index is 6.07. The van der Waals surface area contributed by atoms with Crippen molar-refractivity contribution in [2.45, 2.75) is 25.4 Å². The Kier molecular flexibility index (Phi) is 4.68. The summed E-state index contributed by atoms with van der Waals surface area (Å²) in [7, 11) is 0. The van der Waals surface area contributed by atoms with E-state index in [2.05, 4.69) is 50.5 Å². The summed E-state index contributed by atoms with van der Waals surface area (Å²) in [5, 5.41) is 3.92. The summed E-state index contributed by atoms with van der Waals surface area (Å²) in [6, 6.07) is 11.1. The van der Waals surface area contributed by atoms with E-state index in [4.69, 9.17) is 11.6 Å². The molecule has 21 heavy (non-hydrogen) atoms. The number of halogens is 1. The van der Waals surface area contributed by atoms with Gasteiger partial charge in [-0.2, -0.15) is 0 Å². The fourth-order valence-corrected chi connectivity index (χ4v) is 2.98. The van der Waals surface area contributed by atoms with Gasteiger partial charge in [-0.15, -0.1) is 0 Å². The van der Waals surface area contributed by atoms with Gasteiger partial charge in [-0.25, -0.2) is 9.97 Å². The topological polar surface area (TPSA) is 41.1 Å². The van der Waals surface area contributed by atoms with E-state index in [1.807, 2.05) is 0 Å². The van der Waals surface area contributed by atoms with Gasteiger partial charge < -0.3 is 5.32 Å². The summed E-state index contributed by atoms with van der Waals surface area (Å²) in [5.74, 6) is 0.721. The second kappa shape index (κ2) is 6.87. The number of nitrogens with one attached hydrogen (secondary N) is 1. The van der Waals surface area contributed by atoms with E-state index < -0.39 is 0 Å². The van der Waals surface area contributed by atoms with Gasteiger partial charge in [0.1, 0.15) is 17.2 Å². The zero-order chi connectivity index (χ0) is 14.5. The second-order valence-electron chi connectivity index (χ2n) is 5.35. The fourth-order valence-electron chi connectivity index (χ4n) is 2.81. The normalized spacial score (nSPS) is 18.8. The lowest BCUT2D eigenvalue weighted by molar-refractivity contribution is 0.254. The van der Waals surface area contributed by atoms with Gasteiger partial charge in [-0.1, -0.05) is 41.9 Å². The molecular formula is C16H19ClN4. The lowest BCUT2D eigenvalue weighted by Crippen LogP contribution is -2.34. The van der Waals surface area contributed by atoms with Crippen LogP contribution < -0.4 is 5.32 Å². The molecule has 1 N–H and O–H groups in total. The van der Waals surface area contributed by atoms with Crippen molar-refractivity contribution in [2.75, 3.05) is 18.4 Å². The molecule has 1 saturated heterocycles. The number of hydrogen-bond donors (Lipinski definition) is 1.